The van der Waals surface area contributed by atoms with Gasteiger partial charge in [-0.2, -0.15) is 0 Å². The molecule has 0 aliphatic carbocycles. The molecule has 1 aliphatic rings. The number of ether oxygens (including phenoxy) is 1. The van der Waals surface area contributed by atoms with Gasteiger partial charge in [0.25, 0.3) is 0 Å². The van der Waals surface area contributed by atoms with Crippen LogP contribution in [0.15, 0.2) is 0 Å². The molecule has 0 aromatic rings. The average molecular weight is 364 g/mol. The molecule has 1 heterocycles. The summed E-state index contributed by atoms with van der Waals surface area (Å²) in [4.78, 5) is 17.7. The minimum Gasteiger partial charge on any atom is -0.394 e. The van der Waals surface area contributed by atoms with Crippen LogP contribution in [0.4, 0.5) is 0 Å². The molecule has 12 nitrogen and oxygen atoms in total. The molecule has 0 saturated carbocycles. The Labute approximate surface area is 130 Å². The maximum Gasteiger partial charge on any atom is 0.470 e. The van der Waals surface area contributed by atoms with Crippen LogP contribution >= 0.6 is 7.82 Å². The monoisotopic (exact) mass is 364 g/mol. The van der Waals surface area contributed by atoms with Gasteiger partial charge < -0.3 is 50.3 Å². The summed E-state index contributed by atoms with van der Waals surface area (Å²) in [6.45, 7) is -1.72. The van der Waals surface area contributed by atoms with Gasteiger partial charge in [0.15, 0.2) is 0 Å². The molecule has 1 saturated heterocycles. The van der Waals surface area contributed by atoms with Gasteiger partial charge in [-0.25, -0.2) is 4.57 Å². The lowest BCUT2D eigenvalue weighted by Gasteiger charge is -2.33. The van der Waals surface area contributed by atoms with E-state index >= 15 is 0 Å². The van der Waals surface area contributed by atoms with Crippen molar-refractivity contribution in [1.82, 2.24) is 0 Å². The normalized spacial score (nSPS) is 34.1. The number of rotatable bonds is 8. The average Bonchev–Trinajstić information content (AvgIpc) is 2.77. The van der Waals surface area contributed by atoms with Crippen LogP contribution in [-0.2, 0) is 13.8 Å². The molecule has 23 heavy (non-hydrogen) atoms. The second-order valence-corrected chi connectivity index (χ2v) is 6.29. The Balaban J connectivity index is 2.99. The summed E-state index contributed by atoms with van der Waals surface area (Å²) in [5.74, 6) is 0. The van der Waals surface area contributed by atoms with Gasteiger partial charge in [0.05, 0.1) is 13.2 Å². The standard InChI is InChI=1S/C10H21O12P/c11-1-3(13)5(14)10(22-23(18,19)20)8(17)9-7(16)6(15)4(2-12)21-9/h3-17H,1-2H2,(H2,18,19,20)/t3-,4-,5-,6-,7-,8?,9?,10-/m1/s1. The zero-order valence-corrected chi connectivity index (χ0v) is 12.6. The molecule has 8 atom stereocenters. The van der Waals surface area contributed by atoms with Crippen molar-refractivity contribution in [2.75, 3.05) is 13.2 Å². The molecule has 2 unspecified atom stereocenters. The summed E-state index contributed by atoms with van der Waals surface area (Å²) < 4.78 is 20.1. The van der Waals surface area contributed by atoms with Crippen LogP contribution in [-0.4, -0.2) is 108 Å². The van der Waals surface area contributed by atoms with Gasteiger partial charge in [0, 0.05) is 0 Å². The Morgan fingerprint density at radius 1 is 1.09 bits per heavy atom. The number of phosphoric acid groups is 1. The van der Waals surface area contributed by atoms with Crippen LogP contribution in [0.2, 0.25) is 0 Å². The first-order chi connectivity index (χ1) is 10.5. The van der Waals surface area contributed by atoms with Gasteiger partial charge in [-0.05, 0) is 0 Å². The summed E-state index contributed by atoms with van der Waals surface area (Å²) in [6, 6.07) is 0. The van der Waals surface area contributed by atoms with Crippen molar-refractivity contribution in [3.05, 3.63) is 0 Å². The second-order valence-electron chi connectivity index (χ2n) is 5.09. The molecular weight excluding hydrogens is 343 g/mol. The van der Waals surface area contributed by atoms with Crippen molar-refractivity contribution in [3.63, 3.8) is 0 Å². The molecule has 0 aromatic carbocycles. The maximum atomic E-state index is 11.0. The third-order valence-corrected chi connectivity index (χ3v) is 3.95. The van der Waals surface area contributed by atoms with Crippen molar-refractivity contribution in [1.29, 1.82) is 0 Å². The summed E-state index contributed by atoms with van der Waals surface area (Å²) >= 11 is 0. The fraction of sp³-hybridized carbons (Fsp3) is 1.00. The second kappa shape index (κ2) is 8.25. The Kier molecular flexibility index (Phi) is 7.47. The molecule has 13 heteroatoms. The lowest BCUT2D eigenvalue weighted by atomic mass is 9.95. The van der Waals surface area contributed by atoms with Crippen LogP contribution in [0.5, 0.6) is 0 Å². The predicted molar refractivity (Wildman–Crippen MR) is 69.8 cm³/mol. The largest absolute Gasteiger partial charge is 0.470 e. The first-order valence-electron chi connectivity index (χ1n) is 6.55. The molecule has 1 aliphatic heterocycles. The first-order valence-corrected chi connectivity index (χ1v) is 8.08. The molecule has 0 radical (unpaired) electrons. The summed E-state index contributed by atoms with van der Waals surface area (Å²) in [7, 11) is -5.24. The Morgan fingerprint density at radius 3 is 2.04 bits per heavy atom. The highest BCUT2D eigenvalue weighted by Crippen LogP contribution is 2.40. The molecule has 9 N–H and O–H groups in total. The lowest BCUT2D eigenvalue weighted by molar-refractivity contribution is -0.156. The molecule has 138 valence electrons. The van der Waals surface area contributed by atoms with Crippen molar-refractivity contribution in [3.8, 4) is 0 Å². The molecule has 0 aromatic heterocycles. The van der Waals surface area contributed by atoms with Crippen LogP contribution in [0, 0.1) is 0 Å². The Morgan fingerprint density at radius 2 is 1.65 bits per heavy atom. The van der Waals surface area contributed by atoms with Gasteiger partial charge in [0.2, 0.25) is 0 Å². The van der Waals surface area contributed by atoms with Crippen molar-refractivity contribution in [2.24, 2.45) is 0 Å². The molecular formula is C10H21O12P. The van der Waals surface area contributed by atoms with Crippen molar-refractivity contribution >= 4 is 7.82 Å². The third kappa shape index (κ3) is 5.13. The minimum atomic E-state index is -5.24. The molecule has 0 amide bonds. The minimum absolute atomic E-state index is 0.715. The number of aliphatic hydroxyl groups excluding tert-OH is 7. The van der Waals surface area contributed by atoms with Gasteiger partial charge in [0.1, 0.15) is 48.8 Å². The van der Waals surface area contributed by atoms with Crippen molar-refractivity contribution < 1.29 is 59.4 Å². The van der Waals surface area contributed by atoms with E-state index in [1.54, 1.807) is 0 Å². The van der Waals surface area contributed by atoms with E-state index in [1.807, 2.05) is 0 Å². The van der Waals surface area contributed by atoms with E-state index in [0.29, 0.717) is 0 Å². The summed E-state index contributed by atoms with van der Waals surface area (Å²) in [5.41, 5.74) is 0. The van der Waals surface area contributed by atoms with E-state index in [1.165, 1.54) is 0 Å². The topological polar surface area (TPSA) is 218 Å². The van der Waals surface area contributed by atoms with E-state index in [0.717, 1.165) is 0 Å². The number of phosphoric ester groups is 1. The zero-order chi connectivity index (χ0) is 17.9. The van der Waals surface area contributed by atoms with Gasteiger partial charge in [-0.1, -0.05) is 0 Å². The zero-order valence-electron chi connectivity index (χ0n) is 11.7. The fourth-order valence-corrected chi connectivity index (χ4v) is 2.78. The van der Waals surface area contributed by atoms with Crippen LogP contribution in [0.25, 0.3) is 0 Å². The van der Waals surface area contributed by atoms with Gasteiger partial charge in [-0.15, -0.1) is 0 Å². The van der Waals surface area contributed by atoms with Crippen molar-refractivity contribution in [2.45, 2.75) is 48.8 Å². The van der Waals surface area contributed by atoms with Crippen LogP contribution in [0.1, 0.15) is 0 Å². The molecule has 1 fully saturated rings. The van der Waals surface area contributed by atoms with E-state index in [9.17, 15) is 30.1 Å². The predicted octanol–water partition coefficient (Wildman–Crippen LogP) is -4.98. The number of hydrogen-bond acceptors (Lipinski definition) is 10. The lowest BCUT2D eigenvalue weighted by Crippen LogP contribution is -2.53. The van der Waals surface area contributed by atoms with E-state index in [4.69, 9.17) is 24.7 Å². The molecule has 0 spiro atoms. The maximum absolute atomic E-state index is 11.0. The summed E-state index contributed by atoms with van der Waals surface area (Å²) in [5, 5.41) is 66.3. The van der Waals surface area contributed by atoms with Gasteiger partial charge in [-0.3, -0.25) is 4.52 Å². The first kappa shape index (κ1) is 20.8. The molecule has 0 bridgehead atoms. The highest BCUT2D eigenvalue weighted by atomic mass is 31.2. The Bertz CT molecular complexity index is 415. The van der Waals surface area contributed by atoms with Gasteiger partial charge >= 0.3 is 7.82 Å². The number of hydrogen-bond donors (Lipinski definition) is 9. The third-order valence-electron chi connectivity index (χ3n) is 3.43. The van der Waals surface area contributed by atoms with E-state index in [-0.39, 0.29) is 0 Å². The highest BCUT2D eigenvalue weighted by Gasteiger charge is 2.50. The Hall–Kier alpha value is -0.210. The number of aliphatic hydroxyl groups is 7. The molecule has 1 rings (SSSR count). The highest BCUT2D eigenvalue weighted by molar-refractivity contribution is 7.46. The van der Waals surface area contributed by atoms with E-state index < -0.39 is 69.9 Å². The smallest absolute Gasteiger partial charge is 0.394 e. The SMILES string of the molecule is O=P(O)(O)O[C@@H](C(O)C1O[C@H](CO)[C@@H](O)[C@H]1O)[C@H](O)[C@H](O)CO. The fourth-order valence-electron chi connectivity index (χ4n) is 2.21. The quantitative estimate of drug-likeness (QED) is 0.185. The van der Waals surface area contributed by atoms with E-state index in [2.05, 4.69) is 4.52 Å². The summed E-state index contributed by atoms with van der Waals surface area (Å²) in [6.07, 6.45) is -14.7. The van der Waals surface area contributed by atoms with Crippen LogP contribution < -0.4 is 0 Å². The van der Waals surface area contributed by atoms with Crippen LogP contribution in [0.3, 0.4) is 0 Å².